The topological polar surface area (TPSA) is 34.9 Å². The van der Waals surface area contributed by atoms with Gasteiger partial charge in [0, 0.05) is 22.6 Å². The van der Waals surface area contributed by atoms with Crippen molar-refractivity contribution in [2.45, 2.75) is 0 Å². The Morgan fingerprint density at radius 2 is 2.28 bits per heavy atom. The van der Waals surface area contributed by atoms with Crippen LogP contribution >= 0.6 is 54.8 Å². The number of thiophene rings is 1. The van der Waals surface area contributed by atoms with Gasteiger partial charge in [-0.15, -0.1) is 11.3 Å². The molecule has 0 N–H and O–H groups in total. The van der Waals surface area contributed by atoms with Gasteiger partial charge in [-0.3, -0.25) is 9.48 Å². The molecule has 0 spiro atoms. The van der Waals surface area contributed by atoms with E-state index in [9.17, 15) is 4.79 Å². The fourth-order valence-electron chi connectivity index (χ4n) is 1.31. The molecule has 0 unspecified atom stereocenters. The molecule has 94 valence electrons. The Kier molecular flexibility index (Phi) is 4.42. The lowest BCUT2D eigenvalue weighted by Crippen LogP contribution is -1.98. The Hall–Kier alpha value is -0.430. The monoisotopic (exact) mass is 408 g/mol. The summed E-state index contributed by atoms with van der Waals surface area (Å²) in [5, 5.41) is 4.38. The quantitative estimate of drug-likeness (QED) is 0.549. The Balaban J connectivity index is 2.19. The molecule has 3 nitrogen and oxygen atoms in total. The lowest BCUT2D eigenvalue weighted by atomic mass is 10.2. The van der Waals surface area contributed by atoms with Crippen molar-refractivity contribution in [1.29, 1.82) is 0 Å². The number of hydrogen-bond acceptors (Lipinski definition) is 3. The second-order valence-electron chi connectivity index (χ2n) is 3.47. The zero-order chi connectivity index (χ0) is 13.3. The number of carbonyl (C=O) groups excluding carboxylic acids is 1. The summed E-state index contributed by atoms with van der Waals surface area (Å²) in [5.74, 6) is -0.207. The summed E-state index contributed by atoms with van der Waals surface area (Å²) in [7, 11) is 1.72. The standard InChI is InChI=1S/C11H7Br2ClN2OS/c1-16-5-8(14)10(15-16)9(17)3-2-6-4-7(12)11(13)18-6/h2-5H,1H3/b3-2+. The fraction of sp³-hybridized carbons (Fsp3) is 0.0909. The predicted octanol–water partition coefficient (Wildman–Crippen LogP) is 4.56. The number of allylic oxidation sites excluding steroid dienone is 1. The maximum absolute atomic E-state index is 11.9. The molecule has 2 rings (SSSR count). The molecule has 2 aromatic rings. The third-order valence-electron chi connectivity index (χ3n) is 2.08. The summed E-state index contributed by atoms with van der Waals surface area (Å²) >= 11 is 14.2. The maximum atomic E-state index is 11.9. The van der Waals surface area contributed by atoms with E-state index in [0.29, 0.717) is 5.02 Å². The third-order valence-corrected chi connectivity index (χ3v) is 5.58. The normalized spacial score (nSPS) is 11.3. The van der Waals surface area contributed by atoms with E-state index in [1.165, 1.54) is 22.1 Å². The Morgan fingerprint density at radius 3 is 2.78 bits per heavy atom. The van der Waals surface area contributed by atoms with Crippen LogP contribution in [-0.2, 0) is 7.05 Å². The average molecular weight is 411 g/mol. The molecule has 2 aromatic heterocycles. The zero-order valence-electron chi connectivity index (χ0n) is 9.15. The summed E-state index contributed by atoms with van der Waals surface area (Å²) in [4.78, 5) is 12.8. The summed E-state index contributed by atoms with van der Waals surface area (Å²) < 4.78 is 3.47. The van der Waals surface area contributed by atoms with Gasteiger partial charge in [-0.2, -0.15) is 5.10 Å². The van der Waals surface area contributed by atoms with Gasteiger partial charge in [-0.05, 0) is 50.1 Å². The van der Waals surface area contributed by atoms with Crippen molar-refractivity contribution >= 4 is 66.7 Å². The van der Waals surface area contributed by atoms with Crippen LogP contribution in [0.1, 0.15) is 15.4 Å². The minimum Gasteiger partial charge on any atom is -0.287 e. The van der Waals surface area contributed by atoms with E-state index in [0.717, 1.165) is 13.1 Å². The number of carbonyl (C=O) groups is 1. The van der Waals surface area contributed by atoms with Crippen molar-refractivity contribution in [3.8, 4) is 0 Å². The molecule has 0 aromatic carbocycles. The molecule has 0 saturated heterocycles. The molecular weight excluding hydrogens is 403 g/mol. The van der Waals surface area contributed by atoms with E-state index in [4.69, 9.17) is 11.6 Å². The van der Waals surface area contributed by atoms with Gasteiger partial charge in [0.1, 0.15) is 0 Å². The Bertz CT molecular complexity index is 614. The first-order chi connectivity index (χ1) is 8.47. The second kappa shape index (κ2) is 5.69. The van der Waals surface area contributed by atoms with Gasteiger partial charge in [0.05, 0.1) is 8.81 Å². The number of halogens is 3. The second-order valence-corrected chi connectivity index (χ2v) is 7.13. The number of hydrogen-bond donors (Lipinski definition) is 0. The molecule has 0 radical (unpaired) electrons. The first-order valence-corrected chi connectivity index (χ1v) is 7.62. The summed E-state index contributed by atoms with van der Waals surface area (Å²) in [6, 6.07) is 1.93. The van der Waals surface area contributed by atoms with Gasteiger partial charge >= 0.3 is 0 Å². The lowest BCUT2D eigenvalue weighted by Gasteiger charge is -1.89. The summed E-state index contributed by atoms with van der Waals surface area (Å²) in [6.45, 7) is 0. The number of nitrogens with zero attached hydrogens (tertiary/aromatic N) is 2. The van der Waals surface area contributed by atoms with E-state index in [-0.39, 0.29) is 11.5 Å². The maximum Gasteiger partial charge on any atom is 0.207 e. The van der Waals surface area contributed by atoms with Gasteiger partial charge in [-0.1, -0.05) is 11.6 Å². The Morgan fingerprint density at radius 1 is 1.56 bits per heavy atom. The highest BCUT2D eigenvalue weighted by Gasteiger charge is 2.12. The molecule has 0 amide bonds. The van der Waals surface area contributed by atoms with E-state index < -0.39 is 0 Å². The molecule has 0 atom stereocenters. The van der Waals surface area contributed by atoms with E-state index in [2.05, 4.69) is 37.0 Å². The van der Waals surface area contributed by atoms with Gasteiger partial charge in [0.2, 0.25) is 5.78 Å². The summed E-state index contributed by atoms with van der Waals surface area (Å²) in [5.41, 5.74) is 0.269. The number of ketones is 1. The van der Waals surface area contributed by atoms with E-state index in [1.807, 2.05) is 6.07 Å². The SMILES string of the molecule is Cn1cc(Cl)c(C(=O)/C=C/c2cc(Br)c(Br)s2)n1. The van der Waals surface area contributed by atoms with Crippen LogP contribution in [0.3, 0.4) is 0 Å². The number of rotatable bonds is 3. The average Bonchev–Trinajstić information content (AvgIpc) is 2.79. The van der Waals surface area contributed by atoms with Gasteiger partial charge < -0.3 is 0 Å². The molecule has 18 heavy (non-hydrogen) atoms. The smallest absolute Gasteiger partial charge is 0.207 e. The van der Waals surface area contributed by atoms with Crippen molar-refractivity contribution < 1.29 is 4.79 Å². The van der Waals surface area contributed by atoms with Crippen LogP contribution in [0.2, 0.25) is 5.02 Å². The largest absolute Gasteiger partial charge is 0.287 e. The highest BCUT2D eigenvalue weighted by Crippen LogP contribution is 2.33. The first-order valence-electron chi connectivity index (χ1n) is 4.84. The van der Waals surface area contributed by atoms with Crippen LogP contribution in [0.5, 0.6) is 0 Å². The van der Waals surface area contributed by atoms with Crippen molar-refractivity contribution in [3.05, 3.63) is 42.2 Å². The molecular formula is C11H7Br2ClN2OS. The van der Waals surface area contributed by atoms with Crippen LogP contribution < -0.4 is 0 Å². The summed E-state index contributed by atoms with van der Waals surface area (Å²) in [6.07, 6.45) is 4.81. The van der Waals surface area contributed by atoms with Crippen molar-refractivity contribution in [1.82, 2.24) is 9.78 Å². The Labute approximate surface area is 130 Å². The van der Waals surface area contributed by atoms with Gasteiger partial charge in [0.15, 0.2) is 5.69 Å². The van der Waals surface area contributed by atoms with E-state index in [1.54, 1.807) is 19.3 Å². The zero-order valence-corrected chi connectivity index (χ0v) is 13.9. The minimum absolute atomic E-state index is 0.207. The lowest BCUT2D eigenvalue weighted by molar-refractivity contribution is 0.104. The van der Waals surface area contributed by atoms with Crippen LogP contribution in [-0.4, -0.2) is 15.6 Å². The molecule has 0 aliphatic heterocycles. The highest BCUT2D eigenvalue weighted by atomic mass is 79.9. The number of aryl methyl sites for hydroxylation is 1. The minimum atomic E-state index is -0.207. The molecule has 2 heterocycles. The first kappa shape index (κ1) is 14.0. The molecule has 7 heteroatoms. The van der Waals surface area contributed by atoms with Crippen LogP contribution in [0, 0.1) is 0 Å². The van der Waals surface area contributed by atoms with E-state index >= 15 is 0 Å². The highest BCUT2D eigenvalue weighted by molar-refractivity contribution is 9.13. The van der Waals surface area contributed by atoms with Crippen LogP contribution in [0.25, 0.3) is 6.08 Å². The molecule has 0 aliphatic rings. The van der Waals surface area contributed by atoms with Gasteiger partial charge in [0.25, 0.3) is 0 Å². The van der Waals surface area contributed by atoms with Crippen molar-refractivity contribution in [2.75, 3.05) is 0 Å². The third kappa shape index (κ3) is 3.12. The molecule has 0 bridgehead atoms. The predicted molar refractivity (Wildman–Crippen MR) is 81.3 cm³/mol. The fourth-order valence-corrected chi connectivity index (χ4v) is 3.57. The van der Waals surface area contributed by atoms with Crippen molar-refractivity contribution in [2.24, 2.45) is 7.05 Å². The molecule has 0 aliphatic carbocycles. The van der Waals surface area contributed by atoms with Crippen molar-refractivity contribution in [3.63, 3.8) is 0 Å². The van der Waals surface area contributed by atoms with Crippen LogP contribution in [0.4, 0.5) is 0 Å². The molecule has 0 saturated carbocycles. The van der Waals surface area contributed by atoms with Crippen LogP contribution in [0.15, 0.2) is 26.6 Å². The molecule has 0 fully saturated rings. The number of aromatic nitrogens is 2. The van der Waals surface area contributed by atoms with Gasteiger partial charge in [-0.25, -0.2) is 0 Å².